The quantitative estimate of drug-likeness (QED) is 0.550. The Bertz CT molecular complexity index is 1030. The molecule has 0 fully saturated rings. The molecule has 0 aliphatic heterocycles. The molecule has 132 valence electrons. The number of aromatic nitrogens is 3. The summed E-state index contributed by atoms with van der Waals surface area (Å²) in [6.45, 7) is 0. The van der Waals surface area contributed by atoms with E-state index in [1.165, 1.54) is 11.3 Å². The topological polar surface area (TPSA) is 77.0 Å². The molecule has 1 amide bonds. The molecule has 3 aromatic heterocycles. The highest BCUT2D eigenvalue weighted by molar-refractivity contribution is 7.14. The Morgan fingerprint density at radius 3 is 2.56 bits per heavy atom. The number of nitrogens with zero attached hydrogens (tertiary/aromatic N) is 3. The highest BCUT2D eigenvalue weighted by atomic mass is 32.1. The van der Waals surface area contributed by atoms with Gasteiger partial charge in [0.1, 0.15) is 17.2 Å². The van der Waals surface area contributed by atoms with Gasteiger partial charge in [-0.15, -0.1) is 11.3 Å². The first-order chi connectivity index (χ1) is 13.3. The van der Waals surface area contributed by atoms with E-state index >= 15 is 0 Å². The number of benzene rings is 1. The maximum atomic E-state index is 12.4. The first-order valence-electron chi connectivity index (χ1n) is 8.14. The van der Waals surface area contributed by atoms with Crippen LogP contribution < -0.4 is 10.1 Å². The van der Waals surface area contributed by atoms with Crippen LogP contribution in [-0.2, 0) is 0 Å². The molecule has 7 heteroatoms. The number of ether oxygens (including phenoxy) is 1. The molecule has 0 radical (unpaired) electrons. The minimum Gasteiger partial charge on any atom is -0.456 e. The Morgan fingerprint density at radius 1 is 0.926 bits per heavy atom. The second-order valence-electron chi connectivity index (χ2n) is 5.52. The lowest BCUT2D eigenvalue weighted by atomic mass is 10.2. The molecule has 4 aromatic rings. The number of pyridine rings is 2. The van der Waals surface area contributed by atoms with Crippen LogP contribution in [0.2, 0.25) is 0 Å². The van der Waals surface area contributed by atoms with Crippen LogP contribution in [0.3, 0.4) is 0 Å². The molecule has 0 unspecified atom stereocenters. The Morgan fingerprint density at radius 2 is 1.81 bits per heavy atom. The van der Waals surface area contributed by atoms with Crippen molar-refractivity contribution in [3.05, 3.63) is 84.1 Å². The van der Waals surface area contributed by atoms with Crippen LogP contribution in [0.15, 0.2) is 78.6 Å². The van der Waals surface area contributed by atoms with E-state index in [0.29, 0.717) is 22.2 Å². The van der Waals surface area contributed by atoms with Crippen molar-refractivity contribution >= 4 is 22.4 Å². The lowest BCUT2D eigenvalue weighted by Crippen LogP contribution is -2.11. The van der Waals surface area contributed by atoms with Crippen LogP contribution >= 0.6 is 11.3 Å². The lowest BCUT2D eigenvalue weighted by molar-refractivity contribution is 0.102. The summed E-state index contributed by atoms with van der Waals surface area (Å²) in [6.07, 6.45) is 5.02. The van der Waals surface area contributed by atoms with Gasteiger partial charge in [0.2, 0.25) is 0 Å². The summed E-state index contributed by atoms with van der Waals surface area (Å²) in [5.41, 5.74) is 2.02. The Labute approximate surface area is 159 Å². The SMILES string of the molecule is O=C(Nc1nc(-c2ccccn2)cs1)c1ccc(Oc2cccnc2)cc1. The van der Waals surface area contributed by atoms with E-state index in [2.05, 4.69) is 20.3 Å². The summed E-state index contributed by atoms with van der Waals surface area (Å²) in [5.74, 6) is 1.04. The third kappa shape index (κ3) is 4.16. The van der Waals surface area contributed by atoms with Crippen molar-refractivity contribution in [2.45, 2.75) is 0 Å². The smallest absolute Gasteiger partial charge is 0.257 e. The van der Waals surface area contributed by atoms with E-state index in [9.17, 15) is 4.79 Å². The summed E-state index contributed by atoms with van der Waals surface area (Å²) < 4.78 is 5.67. The predicted molar refractivity (Wildman–Crippen MR) is 104 cm³/mol. The number of anilines is 1. The van der Waals surface area contributed by atoms with Gasteiger partial charge < -0.3 is 4.74 Å². The van der Waals surface area contributed by atoms with Crippen molar-refractivity contribution < 1.29 is 9.53 Å². The summed E-state index contributed by atoms with van der Waals surface area (Å²) in [7, 11) is 0. The molecule has 4 rings (SSSR count). The minimum absolute atomic E-state index is 0.232. The molecule has 1 N–H and O–H groups in total. The van der Waals surface area contributed by atoms with E-state index in [1.807, 2.05) is 29.6 Å². The van der Waals surface area contributed by atoms with Crippen molar-refractivity contribution in [2.75, 3.05) is 5.32 Å². The first-order valence-corrected chi connectivity index (χ1v) is 9.02. The normalized spacial score (nSPS) is 10.4. The lowest BCUT2D eigenvalue weighted by Gasteiger charge is -2.06. The van der Waals surface area contributed by atoms with Gasteiger partial charge in [-0.2, -0.15) is 0 Å². The molecule has 3 heterocycles. The summed E-state index contributed by atoms with van der Waals surface area (Å²) >= 11 is 1.36. The molecular formula is C20H14N4O2S. The monoisotopic (exact) mass is 374 g/mol. The van der Waals surface area contributed by atoms with E-state index in [0.717, 1.165) is 11.4 Å². The molecule has 0 saturated carbocycles. The fourth-order valence-electron chi connectivity index (χ4n) is 2.35. The fourth-order valence-corrected chi connectivity index (χ4v) is 3.05. The van der Waals surface area contributed by atoms with Crippen molar-refractivity contribution in [3.8, 4) is 22.9 Å². The molecule has 0 saturated heterocycles. The van der Waals surface area contributed by atoms with Gasteiger partial charge in [-0.05, 0) is 48.5 Å². The standard InChI is InChI=1S/C20H14N4O2S/c25-19(24-20-23-18(13-27-20)17-5-1-2-11-22-17)14-6-8-15(9-7-14)26-16-4-3-10-21-12-16/h1-13H,(H,23,24,25). The molecule has 0 spiro atoms. The van der Waals surface area contributed by atoms with Gasteiger partial charge in [-0.3, -0.25) is 20.1 Å². The van der Waals surface area contributed by atoms with E-state index in [-0.39, 0.29) is 5.91 Å². The maximum Gasteiger partial charge on any atom is 0.257 e. The average Bonchev–Trinajstić information content (AvgIpc) is 3.18. The zero-order valence-corrected chi connectivity index (χ0v) is 14.9. The number of carbonyl (C=O) groups excluding carboxylic acids is 1. The third-order valence-corrected chi connectivity index (χ3v) is 4.40. The number of hydrogen-bond donors (Lipinski definition) is 1. The molecule has 0 aliphatic carbocycles. The average molecular weight is 374 g/mol. The number of thiazole rings is 1. The second kappa shape index (κ2) is 7.76. The number of carbonyl (C=O) groups is 1. The van der Waals surface area contributed by atoms with Crippen LogP contribution in [0.1, 0.15) is 10.4 Å². The van der Waals surface area contributed by atoms with Gasteiger partial charge in [0, 0.05) is 23.3 Å². The molecule has 27 heavy (non-hydrogen) atoms. The highest BCUT2D eigenvalue weighted by Crippen LogP contribution is 2.24. The highest BCUT2D eigenvalue weighted by Gasteiger charge is 2.11. The third-order valence-electron chi connectivity index (χ3n) is 3.64. The van der Waals surface area contributed by atoms with Crippen LogP contribution in [0.5, 0.6) is 11.5 Å². The van der Waals surface area contributed by atoms with Crippen LogP contribution in [-0.4, -0.2) is 20.9 Å². The van der Waals surface area contributed by atoms with Crippen molar-refractivity contribution in [3.63, 3.8) is 0 Å². The number of rotatable bonds is 5. The predicted octanol–water partition coefficient (Wildman–Crippen LogP) is 4.64. The molecule has 0 bridgehead atoms. The zero-order chi connectivity index (χ0) is 18.5. The molecule has 6 nitrogen and oxygen atoms in total. The van der Waals surface area contributed by atoms with Crippen molar-refractivity contribution in [1.82, 2.24) is 15.0 Å². The van der Waals surface area contributed by atoms with Gasteiger partial charge >= 0.3 is 0 Å². The second-order valence-corrected chi connectivity index (χ2v) is 6.38. The molecular weight excluding hydrogens is 360 g/mol. The minimum atomic E-state index is -0.232. The summed E-state index contributed by atoms with van der Waals surface area (Å²) in [5, 5.41) is 5.20. The van der Waals surface area contributed by atoms with E-state index < -0.39 is 0 Å². The molecule has 0 aliphatic rings. The maximum absolute atomic E-state index is 12.4. The van der Waals surface area contributed by atoms with Crippen molar-refractivity contribution in [2.24, 2.45) is 0 Å². The van der Waals surface area contributed by atoms with E-state index in [1.54, 1.807) is 48.9 Å². The molecule has 0 atom stereocenters. The summed E-state index contributed by atoms with van der Waals surface area (Å²) in [6, 6.07) is 16.1. The van der Waals surface area contributed by atoms with E-state index in [4.69, 9.17) is 4.74 Å². The summed E-state index contributed by atoms with van der Waals surface area (Å²) in [4.78, 5) is 25.1. The molecule has 1 aromatic carbocycles. The van der Waals surface area contributed by atoms with Crippen LogP contribution in [0.4, 0.5) is 5.13 Å². The number of nitrogens with one attached hydrogen (secondary N) is 1. The number of hydrogen-bond acceptors (Lipinski definition) is 6. The Kier molecular flexibility index (Phi) is 4.84. The fraction of sp³-hybridized carbons (Fsp3) is 0. The zero-order valence-electron chi connectivity index (χ0n) is 14.1. The van der Waals surface area contributed by atoms with Crippen LogP contribution in [0, 0.1) is 0 Å². The van der Waals surface area contributed by atoms with Gasteiger partial charge in [-0.25, -0.2) is 4.98 Å². The Balaban J connectivity index is 1.42. The first kappa shape index (κ1) is 16.9. The van der Waals surface area contributed by atoms with Crippen molar-refractivity contribution in [1.29, 1.82) is 0 Å². The van der Waals surface area contributed by atoms with Crippen LogP contribution in [0.25, 0.3) is 11.4 Å². The van der Waals surface area contributed by atoms with Gasteiger partial charge in [0.15, 0.2) is 5.13 Å². The van der Waals surface area contributed by atoms with Gasteiger partial charge in [0.25, 0.3) is 5.91 Å². The van der Waals surface area contributed by atoms with Gasteiger partial charge in [0.05, 0.1) is 11.9 Å². The van der Waals surface area contributed by atoms with Gasteiger partial charge in [-0.1, -0.05) is 6.07 Å². The number of amides is 1. The largest absolute Gasteiger partial charge is 0.456 e. The Hall–Kier alpha value is -3.58.